The summed E-state index contributed by atoms with van der Waals surface area (Å²) in [6.07, 6.45) is 1.70. The molecule has 1 aromatic carbocycles. The number of carbonyl (C=O) groups is 1. The summed E-state index contributed by atoms with van der Waals surface area (Å²) in [5.41, 5.74) is 5.39. The van der Waals surface area contributed by atoms with E-state index in [2.05, 4.69) is 19.2 Å². The predicted molar refractivity (Wildman–Crippen MR) is 86.2 cm³/mol. The third kappa shape index (κ3) is 6.43. The average molecular weight is 310 g/mol. The van der Waals surface area contributed by atoms with E-state index in [9.17, 15) is 9.18 Å². The fourth-order valence-electron chi connectivity index (χ4n) is 2.46. The van der Waals surface area contributed by atoms with E-state index in [1.54, 1.807) is 18.2 Å². The van der Waals surface area contributed by atoms with Crippen molar-refractivity contribution < 1.29 is 13.9 Å². The summed E-state index contributed by atoms with van der Waals surface area (Å²) in [5.74, 6) is 0.234. The summed E-state index contributed by atoms with van der Waals surface area (Å²) in [6, 6.07) is 6.24. The van der Waals surface area contributed by atoms with Crippen molar-refractivity contribution in [2.45, 2.75) is 45.6 Å². The van der Waals surface area contributed by atoms with Crippen LogP contribution in [0.3, 0.4) is 0 Å². The zero-order valence-electron chi connectivity index (χ0n) is 13.7. The molecule has 0 heterocycles. The number of para-hydroxylation sites is 1. The second kappa shape index (κ2) is 8.73. The van der Waals surface area contributed by atoms with E-state index in [1.165, 1.54) is 6.07 Å². The number of rotatable bonds is 9. The van der Waals surface area contributed by atoms with Gasteiger partial charge in [-0.3, -0.25) is 4.79 Å². The lowest BCUT2D eigenvalue weighted by Crippen LogP contribution is -2.52. The predicted octanol–water partition coefficient (Wildman–Crippen LogP) is 2.86. The minimum absolute atomic E-state index is 0.0502. The minimum atomic E-state index is -0.389. The lowest BCUT2D eigenvalue weighted by atomic mass is 9.90. The lowest BCUT2D eigenvalue weighted by molar-refractivity contribution is -0.123. The Balaban J connectivity index is 2.32. The first-order valence-electron chi connectivity index (χ1n) is 7.75. The second-order valence-electron chi connectivity index (χ2n) is 6.29. The van der Waals surface area contributed by atoms with E-state index < -0.39 is 0 Å². The number of nitrogens with two attached hydrogens (primary N) is 1. The monoisotopic (exact) mass is 310 g/mol. The number of carbonyl (C=O) groups excluding carboxylic acids is 1. The van der Waals surface area contributed by atoms with Crippen LogP contribution in [0, 0.1) is 11.7 Å². The highest BCUT2D eigenvalue weighted by Gasteiger charge is 2.25. The molecular weight excluding hydrogens is 283 g/mol. The fourth-order valence-corrected chi connectivity index (χ4v) is 2.46. The Morgan fingerprint density at radius 1 is 1.41 bits per heavy atom. The summed E-state index contributed by atoms with van der Waals surface area (Å²) in [5, 5.41) is 2.99. The van der Waals surface area contributed by atoms with E-state index in [-0.39, 0.29) is 23.0 Å². The number of hydrogen-bond donors (Lipinski definition) is 2. The van der Waals surface area contributed by atoms with Crippen molar-refractivity contribution in [1.82, 2.24) is 5.32 Å². The van der Waals surface area contributed by atoms with Gasteiger partial charge in [0.2, 0.25) is 5.91 Å². The van der Waals surface area contributed by atoms with Gasteiger partial charge in [-0.15, -0.1) is 0 Å². The van der Waals surface area contributed by atoms with Crippen LogP contribution in [-0.2, 0) is 4.79 Å². The Bertz CT molecular complexity index is 479. The van der Waals surface area contributed by atoms with Crippen LogP contribution >= 0.6 is 0 Å². The van der Waals surface area contributed by atoms with Crippen LogP contribution in [-0.4, -0.2) is 24.6 Å². The molecular formula is C17H27FN2O2. The first kappa shape index (κ1) is 18.4. The molecule has 0 fully saturated rings. The third-order valence-corrected chi connectivity index (χ3v) is 3.39. The summed E-state index contributed by atoms with van der Waals surface area (Å²) in [4.78, 5) is 12.0. The molecule has 0 aromatic heterocycles. The van der Waals surface area contributed by atoms with Crippen LogP contribution in [0.2, 0.25) is 0 Å². The molecule has 0 aliphatic rings. The highest BCUT2D eigenvalue weighted by Crippen LogP contribution is 2.17. The topological polar surface area (TPSA) is 64.3 Å². The van der Waals surface area contributed by atoms with Gasteiger partial charge in [-0.25, -0.2) is 4.39 Å². The van der Waals surface area contributed by atoms with Crippen molar-refractivity contribution in [3.63, 3.8) is 0 Å². The maximum absolute atomic E-state index is 13.3. The molecule has 0 aliphatic heterocycles. The first-order valence-corrected chi connectivity index (χ1v) is 7.75. The van der Waals surface area contributed by atoms with Gasteiger partial charge in [-0.2, -0.15) is 0 Å². The molecule has 0 radical (unpaired) electrons. The molecule has 1 unspecified atom stereocenters. The molecule has 5 heteroatoms. The van der Waals surface area contributed by atoms with Gasteiger partial charge in [0.05, 0.1) is 6.61 Å². The summed E-state index contributed by atoms with van der Waals surface area (Å²) < 4.78 is 18.7. The summed E-state index contributed by atoms with van der Waals surface area (Å²) in [6.45, 7) is 6.87. The van der Waals surface area contributed by atoms with Gasteiger partial charge in [0.15, 0.2) is 11.6 Å². The molecule has 22 heavy (non-hydrogen) atoms. The molecule has 0 saturated heterocycles. The van der Waals surface area contributed by atoms with Crippen molar-refractivity contribution in [1.29, 1.82) is 0 Å². The molecule has 4 nitrogen and oxygen atoms in total. The molecule has 0 saturated carbocycles. The molecule has 0 bridgehead atoms. The van der Waals surface area contributed by atoms with Crippen LogP contribution in [0.5, 0.6) is 5.75 Å². The molecule has 3 N–H and O–H groups in total. The van der Waals surface area contributed by atoms with Crippen molar-refractivity contribution in [3.8, 4) is 5.75 Å². The van der Waals surface area contributed by atoms with Crippen LogP contribution < -0.4 is 15.8 Å². The molecule has 0 aliphatic carbocycles. The van der Waals surface area contributed by atoms with Crippen molar-refractivity contribution in [2.24, 2.45) is 11.7 Å². The Kier molecular flexibility index (Phi) is 7.32. The third-order valence-electron chi connectivity index (χ3n) is 3.39. The van der Waals surface area contributed by atoms with Crippen molar-refractivity contribution >= 4 is 5.91 Å². The first-order chi connectivity index (χ1) is 10.4. The van der Waals surface area contributed by atoms with Crippen LogP contribution in [0.1, 0.15) is 40.0 Å². The summed E-state index contributed by atoms with van der Waals surface area (Å²) in [7, 11) is 0. The normalized spacial score (nSPS) is 13.7. The number of nitrogens with one attached hydrogen (secondary N) is 1. The SMILES string of the molecule is CC(C)CC(C)(CN)NC(=O)CCCOc1ccccc1F. The number of halogens is 1. The highest BCUT2D eigenvalue weighted by molar-refractivity contribution is 5.76. The Labute approximate surface area is 132 Å². The standard InChI is InChI=1S/C17H27FN2O2/c1-13(2)11-17(3,12-19)20-16(21)9-6-10-22-15-8-5-4-7-14(15)18/h4-5,7-8,13H,6,9-12,19H2,1-3H3,(H,20,21). The van der Waals surface area contributed by atoms with Gasteiger partial charge in [-0.05, 0) is 37.8 Å². The van der Waals surface area contributed by atoms with Gasteiger partial charge in [0.25, 0.3) is 0 Å². The Hall–Kier alpha value is -1.62. The molecule has 124 valence electrons. The van der Waals surface area contributed by atoms with E-state index >= 15 is 0 Å². The molecule has 1 rings (SSSR count). The smallest absolute Gasteiger partial charge is 0.220 e. The maximum atomic E-state index is 13.3. The number of hydrogen-bond acceptors (Lipinski definition) is 3. The second-order valence-corrected chi connectivity index (χ2v) is 6.29. The molecule has 1 aromatic rings. The number of ether oxygens (including phenoxy) is 1. The molecule has 1 amide bonds. The van der Waals surface area contributed by atoms with Gasteiger partial charge in [0, 0.05) is 18.5 Å². The molecule has 0 spiro atoms. The van der Waals surface area contributed by atoms with E-state index in [0.29, 0.717) is 31.9 Å². The van der Waals surface area contributed by atoms with Gasteiger partial charge in [0.1, 0.15) is 0 Å². The number of benzene rings is 1. The summed E-state index contributed by atoms with van der Waals surface area (Å²) >= 11 is 0. The zero-order valence-corrected chi connectivity index (χ0v) is 13.7. The van der Waals surface area contributed by atoms with Gasteiger partial charge < -0.3 is 15.8 Å². The zero-order chi connectivity index (χ0) is 16.6. The molecule has 1 atom stereocenters. The maximum Gasteiger partial charge on any atom is 0.220 e. The number of amides is 1. The van der Waals surface area contributed by atoms with Gasteiger partial charge in [-0.1, -0.05) is 26.0 Å². The largest absolute Gasteiger partial charge is 0.491 e. The van der Waals surface area contributed by atoms with Crippen LogP contribution in [0.15, 0.2) is 24.3 Å². The fraction of sp³-hybridized carbons (Fsp3) is 0.588. The van der Waals surface area contributed by atoms with Crippen LogP contribution in [0.25, 0.3) is 0 Å². The highest BCUT2D eigenvalue weighted by atomic mass is 19.1. The van der Waals surface area contributed by atoms with E-state index in [0.717, 1.165) is 6.42 Å². The minimum Gasteiger partial charge on any atom is -0.491 e. The quantitative estimate of drug-likeness (QED) is 0.689. The van der Waals surface area contributed by atoms with E-state index in [4.69, 9.17) is 10.5 Å². The van der Waals surface area contributed by atoms with Crippen LogP contribution in [0.4, 0.5) is 4.39 Å². The Morgan fingerprint density at radius 2 is 2.09 bits per heavy atom. The van der Waals surface area contributed by atoms with Crippen molar-refractivity contribution in [2.75, 3.05) is 13.2 Å². The lowest BCUT2D eigenvalue weighted by Gasteiger charge is -2.31. The van der Waals surface area contributed by atoms with Crippen molar-refractivity contribution in [3.05, 3.63) is 30.1 Å². The Morgan fingerprint density at radius 3 is 2.68 bits per heavy atom. The van der Waals surface area contributed by atoms with E-state index in [1.807, 2.05) is 6.92 Å². The van der Waals surface area contributed by atoms with Gasteiger partial charge >= 0.3 is 0 Å². The average Bonchev–Trinajstić information content (AvgIpc) is 2.44.